The highest BCUT2D eigenvalue weighted by atomic mass is 32.1. The summed E-state index contributed by atoms with van der Waals surface area (Å²) in [5.41, 5.74) is 1.57. The summed E-state index contributed by atoms with van der Waals surface area (Å²) in [6.45, 7) is 8.71. The fourth-order valence-corrected chi connectivity index (χ4v) is 5.84. The van der Waals surface area contributed by atoms with Crippen LogP contribution in [0.1, 0.15) is 73.5 Å². The van der Waals surface area contributed by atoms with Gasteiger partial charge >= 0.3 is 6.09 Å². The van der Waals surface area contributed by atoms with Gasteiger partial charge in [-0.05, 0) is 55.0 Å². The minimum absolute atomic E-state index is 0.101. The first kappa shape index (κ1) is 30.9. The van der Waals surface area contributed by atoms with Gasteiger partial charge in [-0.3, -0.25) is 14.9 Å². The molecule has 0 aliphatic carbocycles. The molecular weight excluding hydrogens is 566 g/mol. The Hall–Kier alpha value is -4.05. The zero-order valence-electron chi connectivity index (χ0n) is 23.9. The molecule has 0 radical (unpaired) electrons. The number of likely N-dealkylation sites (tertiary alicyclic amines) is 1. The Bertz CT molecular complexity index is 1520. The van der Waals surface area contributed by atoms with Crippen molar-refractivity contribution in [2.45, 2.75) is 78.6 Å². The van der Waals surface area contributed by atoms with Crippen LogP contribution in [-0.2, 0) is 17.9 Å². The Morgan fingerprint density at radius 3 is 2.62 bits per heavy atom. The van der Waals surface area contributed by atoms with Crippen LogP contribution in [0.25, 0.3) is 11.0 Å². The van der Waals surface area contributed by atoms with Crippen LogP contribution in [0.4, 0.5) is 19.5 Å². The smallest absolute Gasteiger partial charge is 0.407 e. The predicted molar refractivity (Wildman–Crippen MR) is 154 cm³/mol. The van der Waals surface area contributed by atoms with Crippen molar-refractivity contribution in [3.05, 3.63) is 45.6 Å². The normalized spacial score (nSPS) is 16.0. The summed E-state index contributed by atoms with van der Waals surface area (Å²) < 4.78 is 28.0. The molecule has 1 fully saturated rings. The number of alkyl halides is 2. The molecule has 2 atom stereocenters. The number of carbonyl (C=O) groups excluding carboxylic acids is 2. The van der Waals surface area contributed by atoms with Gasteiger partial charge in [-0.2, -0.15) is 5.26 Å². The molecule has 0 saturated carbocycles. The Kier molecular flexibility index (Phi) is 9.15. The number of aromatic nitrogens is 2. The van der Waals surface area contributed by atoms with Crippen molar-refractivity contribution < 1.29 is 28.3 Å². The summed E-state index contributed by atoms with van der Waals surface area (Å²) in [4.78, 5) is 45.3. The molecule has 2 N–H and O–H groups in total. The first-order chi connectivity index (χ1) is 19.8. The van der Waals surface area contributed by atoms with Gasteiger partial charge < -0.3 is 19.5 Å². The van der Waals surface area contributed by atoms with Crippen LogP contribution in [0, 0.1) is 16.7 Å². The number of fused-ring (bicyclic) bond motifs is 1. The number of carboxylic acid groups (broad SMARTS) is 1. The van der Waals surface area contributed by atoms with E-state index in [1.54, 1.807) is 27.7 Å². The zero-order valence-corrected chi connectivity index (χ0v) is 24.8. The Labute approximate surface area is 246 Å². The highest BCUT2D eigenvalue weighted by molar-refractivity contribution is 7.14. The van der Waals surface area contributed by atoms with E-state index < -0.39 is 18.4 Å². The predicted octanol–water partition coefficient (Wildman–Crippen LogP) is 6.11. The third-order valence-corrected chi connectivity index (χ3v) is 8.84. The second-order valence-electron chi connectivity index (χ2n) is 11.5. The number of nitriles is 1. The van der Waals surface area contributed by atoms with Gasteiger partial charge in [-0.25, -0.2) is 18.6 Å². The summed E-state index contributed by atoms with van der Waals surface area (Å²) >= 11 is 0.697. The number of nitrogens with zero attached hydrogens (tertiary/aromatic N) is 5. The molecule has 10 nitrogen and oxygen atoms in total. The Morgan fingerprint density at radius 1 is 1.26 bits per heavy atom. The Balaban J connectivity index is 1.70. The summed E-state index contributed by atoms with van der Waals surface area (Å²) in [5.74, 6) is -0.683. The largest absolute Gasteiger partial charge is 0.465 e. The SMILES string of the molecule is CC(N(Cc1ccc2c(c1)nc(NC(=O)c1ccc(C(F)F)s1)n2CC1CCCN1C(=O)CC#N)C(=O)O)C(C)(C)C. The molecule has 1 aliphatic heterocycles. The number of carbonyl (C=O) groups is 3. The maximum Gasteiger partial charge on any atom is 0.407 e. The van der Waals surface area contributed by atoms with E-state index in [9.17, 15) is 28.3 Å². The lowest BCUT2D eigenvalue weighted by Crippen LogP contribution is -2.44. The monoisotopic (exact) mass is 600 g/mol. The highest BCUT2D eigenvalue weighted by Crippen LogP contribution is 2.31. The number of rotatable bonds is 9. The summed E-state index contributed by atoms with van der Waals surface area (Å²) in [5, 5.41) is 21.7. The maximum atomic E-state index is 13.1. The number of benzene rings is 1. The highest BCUT2D eigenvalue weighted by Gasteiger charge is 2.32. The van der Waals surface area contributed by atoms with Gasteiger partial charge in [-0.15, -0.1) is 11.3 Å². The van der Waals surface area contributed by atoms with Gasteiger partial charge in [0.05, 0.1) is 26.9 Å². The van der Waals surface area contributed by atoms with Gasteiger partial charge in [0, 0.05) is 31.7 Å². The second kappa shape index (κ2) is 12.4. The maximum absolute atomic E-state index is 13.1. The summed E-state index contributed by atoms with van der Waals surface area (Å²) in [6.07, 6.45) is -2.50. The fourth-order valence-electron chi connectivity index (χ4n) is 5.08. The van der Waals surface area contributed by atoms with Gasteiger partial charge in [0.2, 0.25) is 11.9 Å². The molecule has 0 spiro atoms. The summed E-state index contributed by atoms with van der Waals surface area (Å²) in [7, 11) is 0. The molecule has 3 aromatic rings. The summed E-state index contributed by atoms with van der Waals surface area (Å²) in [6, 6.07) is 9.30. The molecule has 1 aromatic carbocycles. The topological polar surface area (TPSA) is 132 Å². The van der Waals surface area contributed by atoms with E-state index in [1.165, 1.54) is 17.0 Å². The van der Waals surface area contributed by atoms with Crippen LogP contribution in [-0.4, -0.2) is 61.0 Å². The first-order valence-corrected chi connectivity index (χ1v) is 14.5. The molecule has 1 aliphatic rings. The number of hydrogen-bond acceptors (Lipinski definition) is 6. The van der Waals surface area contributed by atoms with Crippen molar-refractivity contribution in [3.63, 3.8) is 0 Å². The van der Waals surface area contributed by atoms with E-state index in [0.717, 1.165) is 6.42 Å². The number of amides is 3. The van der Waals surface area contributed by atoms with Gasteiger partial charge in [0.25, 0.3) is 12.3 Å². The molecule has 2 unspecified atom stereocenters. The van der Waals surface area contributed by atoms with Gasteiger partial charge in [0.1, 0.15) is 6.42 Å². The third-order valence-electron chi connectivity index (χ3n) is 7.74. The molecule has 224 valence electrons. The quantitative estimate of drug-likeness (QED) is 0.305. The molecule has 3 heterocycles. The average molecular weight is 601 g/mol. The lowest BCUT2D eigenvalue weighted by atomic mass is 9.87. The van der Waals surface area contributed by atoms with E-state index in [2.05, 4.69) is 10.3 Å². The molecule has 42 heavy (non-hydrogen) atoms. The zero-order chi connectivity index (χ0) is 30.8. The average Bonchev–Trinajstić information content (AvgIpc) is 3.66. The fraction of sp³-hybridized carbons (Fsp3) is 0.483. The molecule has 0 bridgehead atoms. The standard InChI is InChI=1S/C29H34F2N6O4S/c1-17(29(2,3)4)36(28(40)41)15-18-7-8-21-20(14-18)33-27(34-26(39)23-10-9-22(42-23)25(30)31)37(21)16-19-6-5-13-35(19)24(38)11-12-32/h7-10,14,17,19,25H,5-6,11,13,15-16H2,1-4H3,(H,40,41)(H,33,34,39). The minimum Gasteiger partial charge on any atom is -0.465 e. The molecule has 13 heteroatoms. The number of halogens is 2. The van der Waals surface area contributed by atoms with Crippen molar-refractivity contribution in [2.24, 2.45) is 5.41 Å². The van der Waals surface area contributed by atoms with E-state index in [4.69, 9.17) is 5.26 Å². The van der Waals surface area contributed by atoms with Crippen LogP contribution < -0.4 is 5.32 Å². The van der Waals surface area contributed by atoms with Crippen LogP contribution in [0.3, 0.4) is 0 Å². The minimum atomic E-state index is -2.69. The molecule has 3 amide bonds. The molecule has 1 saturated heterocycles. The van der Waals surface area contributed by atoms with Gasteiger partial charge in [-0.1, -0.05) is 26.8 Å². The van der Waals surface area contributed by atoms with Crippen LogP contribution >= 0.6 is 11.3 Å². The lowest BCUT2D eigenvalue weighted by Gasteiger charge is -2.36. The Morgan fingerprint density at radius 2 is 2.00 bits per heavy atom. The van der Waals surface area contributed by atoms with Crippen molar-refractivity contribution >= 4 is 46.2 Å². The first-order valence-electron chi connectivity index (χ1n) is 13.6. The second-order valence-corrected chi connectivity index (χ2v) is 12.6. The number of hydrogen-bond donors (Lipinski definition) is 2. The van der Waals surface area contributed by atoms with Crippen molar-refractivity contribution in [1.82, 2.24) is 19.4 Å². The lowest BCUT2D eigenvalue weighted by molar-refractivity contribution is -0.131. The van der Waals surface area contributed by atoms with Crippen LogP contribution in [0.2, 0.25) is 0 Å². The number of thiophene rings is 1. The van der Waals surface area contributed by atoms with Crippen molar-refractivity contribution in [2.75, 3.05) is 11.9 Å². The molecular formula is C29H34F2N6O4S. The number of imidazole rings is 1. The van der Waals surface area contributed by atoms with Crippen molar-refractivity contribution in [1.29, 1.82) is 5.26 Å². The van der Waals surface area contributed by atoms with Crippen molar-refractivity contribution in [3.8, 4) is 6.07 Å². The molecule has 4 rings (SSSR count). The van der Waals surface area contributed by atoms with Crippen LogP contribution in [0.5, 0.6) is 0 Å². The number of nitrogens with one attached hydrogen (secondary N) is 1. The van der Waals surface area contributed by atoms with E-state index in [1.807, 2.05) is 33.8 Å². The van der Waals surface area contributed by atoms with Crippen LogP contribution in [0.15, 0.2) is 30.3 Å². The van der Waals surface area contributed by atoms with E-state index in [0.29, 0.717) is 40.9 Å². The van der Waals surface area contributed by atoms with Gasteiger partial charge in [0.15, 0.2) is 0 Å². The third kappa shape index (κ3) is 6.70. The number of anilines is 1. The van der Waals surface area contributed by atoms with E-state index in [-0.39, 0.29) is 58.6 Å². The molecule has 2 aromatic heterocycles. The van der Waals surface area contributed by atoms with E-state index >= 15 is 0 Å².